The van der Waals surface area contributed by atoms with Gasteiger partial charge in [-0.05, 0) is 19.1 Å². The van der Waals surface area contributed by atoms with Crippen molar-refractivity contribution in [3.05, 3.63) is 35.3 Å². The van der Waals surface area contributed by atoms with E-state index in [1.807, 2.05) is 6.92 Å². The lowest BCUT2D eigenvalue weighted by atomic mass is 10.3. The molecule has 0 aliphatic rings. The Morgan fingerprint density at radius 1 is 1.50 bits per heavy atom. The Hall–Kier alpha value is -1.25. The van der Waals surface area contributed by atoms with E-state index in [0.29, 0.717) is 16.9 Å². The maximum absolute atomic E-state index is 11.7. The first kappa shape index (κ1) is 13.2. The van der Waals surface area contributed by atoms with E-state index in [1.54, 1.807) is 5.38 Å². The minimum atomic E-state index is -0.112. The first-order valence-electron chi connectivity index (χ1n) is 5.16. The number of aromatic amines is 2. The normalized spacial score (nSPS) is 10.5. The molecule has 0 aliphatic heterocycles. The monoisotopic (exact) mass is 301 g/mol. The Morgan fingerprint density at radius 2 is 2.28 bits per heavy atom. The summed E-state index contributed by atoms with van der Waals surface area (Å²) >= 11 is 7.51. The molecule has 3 N–H and O–H groups in total. The van der Waals surface area contributed by atoms with Crippen LogP contribution in [0.2, 0.25) is 0 Å². The summed E-state index contributed by atoms with van der Waals surface area (Å²) in [4.78, 5) is 29.1. The van der Waals surface area contributed by atoms with Gasteiger partial charge in [0.15, 0.2) is 3.95 Å². The molecule has 2 heterocycles. The number of carbonyl (C=O) groups excluding carboxylic acids is 1. The molecular formula is C10H11N3O2S3. The molecule has 18 heavy (non-hydrogen) atoms. The SMILES string of the molecule is Cc1[nH]c(=S)sc1CC(=O)NCc1csc(=O)[nH]1. The number of H-pyrrole nitrogens is 2. The molecule has 8 heteroatoms. The molecule has 0 saturated heterocycles. The maximum Gasteiger partial charge on any atom is 0.304 e. The van der Waals surface area contributed by atoms with Gasteiger partial charge in [-0.2, -0.15) is 0 Å². The fraction of sp³-hybridized carbons (Fsp3) is 0.300. The minimum absolute atomic E-state index is 0.0876. The third-order valence-electron chi connectivity index (χ3n) is 2.29. The predicted molar refractivity (Wildman–Crippen MR) is 74.7 cm³/mol. The van der Waals surface area contributed by atoms with Crippen LogP contribution < -0.4 is 10.2 Å². The molecule has 0 bridgehead atoms. The average Bonchev–Trinajstić information content (AvgIpc) is 2.83. The highest BCUT2D eigenvalue weighted by molar-refractivity contribution is 7.73. The fourth-order valence-corrected chi connectivity index (χ4v) is 3.28. The fourth-order valence-electron chi connectivity index (χ4n) is 1.41. The molecular weight excluding hydrogens is 290 g/mol. The summed E-state index contributed by atoms with van der Waals surface area (Å²) in [6.45, 7) is 2.23. The van der Waals surface area contributed by atoms with E-state index >= 15 is 0 Å². The van der Waals surface area contributed by atoms with Gasteiger partial charge in [-0.1, -0.05) is 11.3 Å². The third kappa shape index (κ3) is 3.37. The van der Waals surface area contributed by atoms with Crippen LogP contribution in [0.15, 0.2) is 10.2 Å². The van der Waals surface area contributed by atoms with Crippen LogP contribution in [0.4, 0.5) is 0 Å². The number of thiazole rings is 2. The zero-order valence-electron chi connectivity index (χ0n) is 9.53. The summed E-state index contributed by atoms with van der Waals surface area (Å²) < 4.78 is 0.678. The van der Waals surface area contributed by atoms with E-state index < -0.39 is 0 Å². The number of hydrogen-bond acceptors (Lipinski definition) is 5. The number of carbonyl (C=O) groups is 1. The van der Waals surface area contributed by atoms with Gasteiger partial charge in [0.05, 0.1) is 13.0 Å². The zero-order chi connectivity index (χ0) is 13.1. The molecule has 0 radical (unpaired) electrons. The van der Waals surface area contributed by atoms with Crippen molar-refractivity contribution in [2.45, 2.75) is 19.9 Å². The first-order chi connectivity index (χ1) is 8.54. The topological polar surface area (TPSA) is 77.8 Å². The van der Waals surface area contributed by atoms with Crippen LogP contribution in [0, 0.1) is 10.9 Å². The molecule has 0 aliphatic carbocycles. The molecule has 2 aromatic rings. The van der Waals surface area contributed by atoms with E-state index in [-0.39, 0.29) is 10.8 Å². The van der Waals surface area contributed by atoms with Gasteiger partial charge in [-0.15, -0.1) is 11.3 Å². The van der Waals surface area contributed by atoms with E-state index in [4.69, 9.17) is 12.2 Å². The largest absolute Gasteiger partial charge is 0.350 e. The van der Waals surface area contributed by atoms with Crippen molar-refractivity contribution in [3.8, 4) is 0 Å². The number of hydrogen-bond donors (Lipinski definition) is 3. The number of nitrogens with one attached hydrogen (secondary N) is 3. The van der Waals surface area contributed by atoms with Crippen molar-refractivity contribution < 1.29 is 4.79 Å². The second-order valence-corrected chi connectivity index (χ2v) is 6.30. The van der Waals surface area contributed by atoms with Crippen molar-refractivity contribution in [2.24, 2.45) is 0 Å². The van der Waals surface area contributed by atoms with Gasteiger partial charge < -0.3 is 15.3 Å². The van der Waals surface area contributed by atoms with Crippen LogP contribution in [-0.4, -0.2) is 15.9 Å². The van der Waals surface area contributed by atoms with E-state index in [2.05, 4.69) is 15.3 Å². The number of rotatable bonds is 4. The van der Waals surface area contributed by atoms with E-state index in [0.717, 1.165) is 27.6 Å². The Morgan fingerprint density at radius 3 is 2.83 bits per heavy atom. The molecule has 0 fully saturated rings. The van der Waals surface area contributed by atoms with Gasteiger partial charge >= 0.3 is 4.87 Å². The maximum atomic E-state index is 11.7. The molecule has 0 saturated carbocycles. The highest BCUT2D eigenvalue weighted by atomic mass is 32.1. The van der Waals surface area contributed by atoms with Crippen molar-refractivity contribution >= 4 is 40.8 Å². The molecule has 0 aromatic carbocycles. The summed E-state index contributed by atoms with van der Waals surface area (Å²) in [5.41, 5.74) is 1.65. The minimum Gasteiger partial charge on any atom is -0.350 e. The Bertz CT molecular complexity index is 664. The predicted octanol–water partition coefficient (Wildman–Crippen LogP) is 1.72. The first-order valence-corrected chi connectivity index (χ1v) is 7.27. The molecule has 0 unspecified atom stereocenters. The Labute approximate surface area is 116 Å². The smallest absolute Gasteiger partial charge is 0.304 e. The van der Waals surface area contributed by atoms with Crippen LogP contribution in [0.25, 0.3) is 0 Å². The molecule has 1 amide bonds. The second-order valence-electron chi connectivity index (χ2n) is 3.69. The van der Waals surface area contributed by atoms with Crippen molar-refractivity contribution in [3.63, 3.8) is 0 Å². The number of aryl methyl sites for hydroxylation is 1. The van der Waals surface area contributed by atoms with Crippen LogP contribution in [0.5, 0.6) is 0 Å². The van der Waals surface area contributed by atoms with Crippen LogP contribution >= 0.6 is 34.9 Å². The quantitative estimate of drug-likeness (QED) is 0.753. The molecule has 5 nitrogen and oxygen atoms in total. The average molecular weight is 301 g/mol. The lowest BCUT2D eigenvalue weighted by Gasteiger charge is -2.02. The van der Waals surface area contributed by atoms with Gasteiger partial charge in [-0.3, -0.25) is 9.59 Å². The highest BCUT2D eigenvalue weighted by Gasteiger charge is 2.08. The molecule has 2 aromatic heterocycles. The summed E-state index contributed by atoms with van der Waals surface area (Å²) in [6, 6.07) is 0. The van der Waals surface area contributed by atoms with Gasteiger partial charge in [0.25, 0.3) is 0 Å². The van der Waals surface area contributed by atoms with Gasteiger partial charge in [0, 0.05) is 21.6 Å². The summed E-state index contributed by atoms with van der Waals surface area (Å²) in [6.07, 6.45) is 0.304. The van der Waals surface area contributed by atoms with Gasteiger partial charge in [-0.25, -0.2) is 0 Å². The number of aromatic nitrogens is 2. The van der Waals surface area contributed by atoms with Crippen LogP contribution in [-0.2, 0) is 17.8 Å². The molecule has 0 atom stereocenters. The Balaban J connectivity index is 1.91. The standard InChI is InChI=1S/C10H11N3O2S3/c1-5-7(18-10(16)12-5)2-8(14)11-3-6-4-17-9(15)13-6/h4H,2-3H2,1H3,(H,11,14)(H,12,16)(H,13,15). The lowest BCUT2D eigenvalue weighted by Crippen LogP contribution is -2.24. The van der Waals surface area contributed by atoms with Crippen molar-refractivity contribution in [1.29, 1.82) is 0 Å². The summed E-state index contributed by atoms with van der Waals surface area (Å²) in [5.74, 6) is -0.0876. The van der Waals surface area contributed by atoms with E-state index in [1.165, 1.54) is 11.3 Å². The molecule has 2 rings (SSSR count). The van der Waals surface area contributed by atoms with Crippen LogP contribution in [0.1, 0.15) is 16.3 Å². The molecule has 0 spiro atoms. The number of amides is 1. The van der Waals surface area contributed by atoms with Crippen molar-refractivity contribution in [1.82, 2.24) is 15.3 Å². The Kier molecular flexibility index (Phi) is 4.10. The van der Waals surface area contributed by atoms with E-state index in [9.17, 15) is 9.59 Å². The third-order valence-corrected chi connectivity index (χ3v) is 4.35. The second kappa shape index (κ2) is 5.59. The van der Waals surface area contributed by atoms with Gasteiger partial charge in [0.2, 0.25) is 5.91 Å². The zero-order valence-corrected chi connectivity index (χ0v) is 12.0. The summed E-state index contributed by atoms with van der Waals surface area (Å²) in [7, 11) is 0. The van der Waals surface area contributed by atoms with Crippen LogP contribution in [0.3, 0.4) is 0 Å². The molecule has 96 valence electrons. The lowest BCUT2D eigenvalue weighted by molar-refractivity contribution is -0.120. The van der Waals surface area contributed by atoms with Gasteiger partial charge in [0.1, 0.15) is 0 Å². The highest BCUT2D eigenvalue weighted by Crippen LogP contribution is 2.14. The van der Waals surface area contributed by atoms with Crippen molar-refractivity contribution in [2.75, 3.05) is 0 Å². The summed E-state index contributed by atoms with van der Waals surface area (Å²) in [5, 5.41) is 4.46.